The highest BCUT2D eigenvalue weighted by Crippen LogP contribution is 2.37. The minimum absolute atomic E-state index is 0.0116. The lowest BCUT2D eigenvalue weighted by Crippen LogP contribution is -2.32. The molecular weight excluding hydrogens is 474 g/mol. The van der Waals surface area contributed by atoms with Gasteiger partial charge < -0.3 is 19.3 Å². The molecule has 2 aromatic carbocycles. The number of para-hydroxylation sites is 2. The first kappa shape index (κ1) is 22.0. The monoisotopic (exact) mass is 493 g/mol. The van der Waals surface area contributed by atoms with Gasteiger partial charge in [-0.25, -0.2) is 0 Å². The van der Waals surface area contributed by atoms with Crippen LogP contribution in [0.4, 0.5) is 4.79 Å². The van der Waals surface area contributed by atoms with Gasteiger partial charge in [-0.3, -0.25) is 14.5 Å². The van der Waals surface area contributed by atoms with Gasteiger partial charge in [0.15, 0.2) is 23.0 Å². The van der Waals surface area contributed by atoms with Gasteiger partial charge in [-0.15, -0.1) is 0 Å². The van der Waals surface area contributed by atoms with E-state index in [4.69, 9.17) is 14.2 Å². The number of methoxy groups -OCH3 is 1. The van der Waals surface area contributed by atoms with Gasteiger partial charge in [-0.2, -0.15) is 0 Å². The zero-order valence-electron chi connectivity index (χ0n) is 16.4. The molecule has 2 aromatic rings. The lowest BCUT2D eigenvalue weighted by atomic mass is 10.2. The number of phenols is 1. The number of ether oxygens (including phenoxy) is 3. The number of phenolic OH excluding ortho intramolecular Hbond substituents is 1. The molecule has 3 rings (SSSR count). The number of hydrogen-bond acceptors (Lipinski definition) is 7. The number of hydrogen-bond donors (Lipinski definition) is 1. The summed E-state index contributed by atoms with van der Waals surface area (Å²) in [7, 11) is 1.54. The maximum absolute atomic E-state index is 12.7. The summed E-state index contributed by atoms with van der Waals surface area (Å²) < 4.78 is 16.8. The summed E-state index contributed by atoms with van der Waals surface area (Å²) in [4.78, 5) is 26.5. The molecule has 1 aliphatic heterocycles. The Bertz CT molecular complexity index is 993. The number of aromatic hydroxyl groups is 1. The number of carbonyl (C=O) groups excluding carboxylic acids is 2. The van der Waals surface area contributed by atoms with Crippen LogP contribution in [-0.4, -0.2) is 48.0 Å². The van der Waals surface area contributed by atoms with E-state index in [1.807, 2.05) is 12.1 Å². The Morgan fingerprint density at radius 1 is 1.13 bits per heavy atom. The van der Waals surface area contributed by atoms with Crippen molar-refractivity contribution in [3.8, 4) is 23.0 Å². The molecule has 1 heterocycles. The van der Waals surface area contributed by atoms with Crippen molar-refractivity contribution in [2.45, 2.75) is 6.92 Å². The fraction of sp³-hybridized carbons (Fsp3) is 0.238. The third-order valence-corrected chi connectivity index (χ3v) is 5.77. The maximum Gasteiger partial charge on any atom is 0.293 e. The van der Waals surface area contributed by atoms with Crippen LogP contribution in [0.2, 0.25) is 0 Å². The third-order valence-electron chi connectivity index (χ3n) is 4.18. The molecule has 1 aliphatic rings. The lowest BCUT2D eigenvalue weighted by Gasteiger charge is -2.14. The van der Waals surface area contributed by atoms with Gasteiger partial charge in [0.25, 0.3) is 11.1 Å². The van der Waals surface area contributed by atoms with Crippen LogP contribution in [0.5, 0.6) is 23.0 Å². The standard InChI is InChI=1S/C21H20BrNO6S/c1-3-28-18-10-13(14(22)12-15(18)24)11-19-20(25)23(21(26)30-19)8-9-29-17-7-5-4-6-16(17)27-2/h4-7,10-12,24H,3,8-9H2,1-2H3/b19-11-. The topological polar surface area (TPSA) is 85.3 Å². The second-order valence-electron chi connectivity index (χ2n) is 6.11. The summed E-state index contributed by atoms with van der Waals surface area (Å²) in [6.45, 7) is 2.45. The van der Waals surface area contributed by atoms with Crippen molar-refractivity contribution in [1.82, 2.24) is 4.90 Å². The van der Waals surface area contributed by atoms with E-state index in [0.717, 1.165) is 16.7 Å². The van der Waals surface area contributed by atoms with E-state index < -0.39 is 5.91 Å². The Morgan fingerprint density at radius 2 is 1.87 bits per heavy atom. The normalized spacial score (nSPS) is 15.0. The molecule has 7 nitrogen and oxygen atoms in total. The number of rotatable bonds is 8. The lowest BCUT2D eigenvalue weighted by molar-refractivity contribution is -0.123. The minimum Gasteiger partial charge on any atom is -0.504 e. The molecule has 0 saturated carbocycles. The highest BCUT2D eigenvalue weighted by atomic mass is 79.9. The number of nitrogens with zero attached hydrogens (tertiary/aromatic N) is 1. The molecule has 1 N–H and O–H groups in total. The van der Waals surface area contributed by atoms with Crippen LogP contribution in [0.1, 0.15) is 12.5 Å². The molecule has 0 aromatic heterocycles. The molecule has 0 spiro atoms. The number of amides is 2. The molecule has 0 unspecified atom stereocenters. The van der Waals surface area contributed by atoms with Crippen molar-refractivity contribution in [2.24, 2.45) is 0 Å². The van der Waals surface area contributed by atoms with E-state index in [2.05, 4.69) is 15.9 Å². The zero-order valence-corrected chi connectivity index (χ0v) is 18.8. The third kappa shape index (κ3) is 4.91. The first-order chi connectivity index (χ1) is 14.4. The highest BCUT2D eigenvalue weighted by Gasteiger charge is 2.35. The van der Waals surface area contributed by atoms with Crippen LogP contribution in [-0.2, 0) is 4.79 Å². The smallest absolute Gasteiger partial charge is 0.293 e. The molecule has 1 fully saturated rings. The minimum atomic E-state index is -0.397. The maximum atomic E-state index is 12.7. The Labute approximate surface area is 186 Å². The number of halogens is 1. The van der Waals surface area contributed by atoms with Crippen molar-refractivity contribution in [2.75, 3.05) is 26.9 Å². The van der Waals surface area contributed by atoms with Crippen LogP contribution in [0.3, 0.4) is 0 Å². The molecule has 1 saturated heterocycles. The molecular formula is C21H20BrNO6S. The van der Waals surface area contributed by atoms with Crippen LogP contribution < -0.4 is 14.2 Å². The van der Waals surface area contributed by atoms with Gasteiger partial charge in [-0.1, -0.05) is 28.1 Å². The van der Waals surface area contributed by atoms with E-state index in [-0.39, 0.29) is 29.0 Å². The summed E-state index contributed by atoms with van der Waals surface area (Å²) in [5.74, 6) is 1.01. The quantitative estimate of drug-likeness (QED) is 0.534. The summed E-state index contributed by atoms with van der Waals surface area (Å²) in [6, 6.07) is 10.3. The molecule has 0 atom stereocenters. The van der Waals surface area contributed by atoms with Gasteiger partial charge in [-0.05, 0) is 54.6 Å². The van der Waals surface area contributed by atoms with Crippen molar-refractivity contribution >= 4 is 44.9 Å². The van der Waals surface area contributed by atoms with Gasteiger partial charge >= 0.3 is 0 Å². The first-order valence-electron chi connectivity index (χ1n) is 9.11. The first-order valence-corrected chi connectivity index (χ1v) is 10.7. The fourth-order valence-corrected chi connectivity index (χ4v) is 4.06. The van der Waals surface area contributed by atoms with E-state index in [1.54, 1.807) is 38.3 Å². The SMILES string of the molecule is CCOc1cc(/C=C2\SC(=O)N(CCOc3ccccc3OC)C2=O)c(Br)cc1O. The average Bonchev–Trinajstić information content (AvgIpc) is 2.99. The largest absolute Gasteiger partial charge is 0.504 e. The molecule has 0 radical (unpaired) electrons. The van der Waals surface area contributed by atoms with Crippen molar-refractivity contribution in [3.05, 3.63) is 51.3 Å². The van der Waals surface area contributed by atoms with Crippen molar-refractivity contribution < 1.29 is 28.9 Å². The molecule has 158 valence electrons. The van der Waals surface area contributed by atoms with E-state index in [1.165, 1.54) is 6.07 Å². The van der Waals surface area contributed by atoms with Gasteiger partial charge in [0.2, 0.25) is 0 Å². The summed E-state index contributed by atoms with van der Waals surface area (Å²) in [5.41, 5.74) is 0.618. The highest BCUT2D eigenvalue weighted by molar-refractivity contribution is 9.10. The number of imide groups is 1. The van der Waals surface area contributed by atoms with E-state index >= 15 is 0 Å². The number of carbonyl (C=O) groups is 2. The molecule has 9 heteroatoms. The predicted molar refractivity (Wildman–Crippen MR) is 118 cm³/mol. The van der Waals surface area contributed by atoms with Crippen LogP contribution in [0.15, 0.2) is 45.8 Å². The fourth-order valence-electron chi connectivity index (χ4n) is 2.76. The Kier molecular flexibility index (Phi) is 7.28. The zero-order chi connectivity index (χ0) is 21.7. The van der Waals surface area contributed by atoms with E-state index in [0.29, 0.717) is 33.9 Å². The Morgan fingerprint density at radius 3 is 2.57 bits per heavy atom. The molecule has 2 amide bonds. The van der Waals surface area contributed by atoms with Gasteiger partial charge in [0, 0.05) is 4.47 Å². The molecule has 30 heavy (non-hydrogen) atoms. The molecule has 0 bridgehead atoms. The van der Waals surface area contributed by atoms with Crippen LogP contribution in [0, 0.1) is 0 Å². The number of benzene rings is 2. The Balaban J connectivity index is 1.71. The van der Waals surface area contributed by atoms with Crippen LogP contribution >= 0.6 is 27.7 Å². The van der Waals surface area contributed by atoms with Gasteiger partial charge in [0.1, 0.15) is 6.61 Å². The Hall–Kier alpha value is -2.65. The average molecular weight is 494 g/mol. The van der Waals surface area contributed by atoms with E-state index in [9.17, 15) is 14.7 Å². The number of thioether (sulfide) groups is 1. The second-order valence-corrected chi connectivity index (χ2v) is 7.95. The van der Waals surface area contributed by atoms with Crippen molar-refractivity contribution in [3.63, 3.8) is 0 Å². The van der Waals surface area contributed by atoms with Crippen molar-refractivity contribution in [1.29, 1.82) is 0 Å². The predicted octanol–water partition coefficient (Wildman–Crippen LogP) is 4.68. The van der Waals surface area contributed by atoms with Crippen LogP contribution in [0.25, 0.3) is 6.08 Å². The summed E-state index contributed by atoms with van der Waals surface area (Å²) >= 11 is 4.22. The second kappa shape index (κ2) is 9.90. The van der Waals surface area contributed by atoms with Gasteiger partial charge in [0.05, 0.1) is 25.2 Å². The molecule has 0 aliphatic carbocycles. The summed E-state index contributed by atoms with van der Waals surface area (Å²) in [6.07, 6.45) is 1.60. The summed E-state index contributed by atoms with van der Waals surface area (Å²) in [5, 5.41) is 9.57.